The number of hydrogen-bond donors (Lipinski definition) is 0. The van der Waals surface area contributed by atoms with E-state index in [0.717, 1.165) is 34.6 Å². The number of sulfonamides is 1. The molecule has 0 N–H and O–H groups in total. The predicted molar refractivity (Wildman–Crippen MR) is 94.2 cm³/mol. The molecule has 2 aromatic rings. The number of halogens is 2. The first kappa shape index (κ1) is 19.8. The third-order valence-corrected chi connectivity index (χ3v) is 5.89. The first-order valence-electron chi connectivity index (χ1n) is 7.30. The average molecular weight is 401 g/mol. The normalized spacial score (nSPS) is 12.5. The van der Waals surface area contributed by atoms with E-state index >= 15 is 0 Å². The van der Waals surface area contributed by atoms with E-state index in [1.807, 2.05) is 0 Å². The van der Waals surface area contributed by atoms with Crippen molar-refractivity contribution in [1.29, 1.82) is 0 Å². The molecule has 1 unspecified atom stereocenters. The standard InChI is InChI=1S/C16H14ClFN2O5S/c1-10-9-13(20(22)23)5-8-15(10)19(11(2)16(17)21)26(24,25)14-6-3-12(18)4-7-14/h3-9,11H,1-2H3. The van der Waals surface area contributed by atoms with E-state index in [1.54, 1.807) is 0 Å². The number of nitro groups is 1. The number of carbonyl (C=O) groups excluding carboxylic acids is 1. The SMILES string of the molecule is Cc1cc([N+](=O)[O-])ccc1N(C(C)C(=O)Cl)S(=O)(=O)c1ccc(F)cc1. The van der Waals surface area contributed by atoms with Crippen molar-refractivity contribution in [2.75, 3.05) is 4.31 Å². The van der Waals surface area contributed by atoms with E-state index in [9.17, 15) is 27.7 Å². The monoisotopic (exact) mass is 400 g/mol. The Kier molecular flexibility index (Phi) is 5.62. The van der Waals surface area contributed by atoms with Crippen molar-refractivity contribution in [2.24, 2.45) is 0 Å². The zero-order chi connectivity index (χ0) is 19.6. The Balaban J connectivity index is 2.66. The summed E-state index contributed by atoms with van der Waals surface area (Å²) in [5, 5.41) is 9.95. The van der Waals surface area contributed by atoms with E-state index < -0.39 is 32.0 Å². The Morgan fingerprint density at radius 2 is 1.81 bits per heavy atom. The lowest BCUT2D eigenvalue weighted by atomic mass is 10.1. The summed E-state index contributed by atoms with van der Waals surface area (Å²) < 4.78 is 39.9. The molecule has 0 aromatic heterocycles. The van der Waals surface area contributed by atoms with Crippen molar-refractivity contribution < 1.29 is 22.5 Å². The molecule has 2 rings (SSSR count). The van der Waals surface area contributed by atoms with E-state index in [-0.39, 0.29) is 21.8 Å². The number of nitro benzene ring substituents is 1. The molecule has 0 spiro atoms. The summed E-state index contributed by atoms with van der Waals surface area (Å²) in [6.45, 7) is 2.76. The van der Waals surface area contributed by atoms with Crippen LogP contribution in [0, 0.1) is 22.9 Å². The van der Waals surface area contributed by atoms with Gasteiger partial charge in [0.15, 0.2) is 0 Å². The van der Waals surface area contributed by atoms with Crippen LogP contribution in [0.5, 0.6) is 0 Å². The van der Waals surface area contributed by atoms with Gasteiger partial charge in [-0.2, -0.15) is 0 Å². The van der Waals surface area contributed by atoms with Gasteiger partial charge in [0.05, 0.1) is 15.5 Å². The molecule has 0 aliphatic carbocycles. The maximum absolute atomic E-state index is 13.1. The van der Waals surface area contributed by atoms with Gasteiger partial charge >= 0.3 is 0 Å². The van der Waals surface area contributed by atoms with Gasteiger partial charge in [-0.15, -0.1) is 0 Å². The smallest absolute Gasteiger partial charge is 0.269 e. The Morgan fingerprint density at radius 1 is 1.23 bits per heavy atom. The van der Waals surface area contributed by atoms with Crippen LogP contribution >= 0.6 is 11.6 Å². The van der Waals surface area contributed by atoms with Crippen molar-refractivity contribution in [3.05, 3.63) is 64.0 Å². The first-order chi connectivity index (χ1) is 12.1. The van der Waals surface area contributed by atoms with Gasteiger partial charge in [0.25, 0.3) is 15.7 Å². The third-order valence-electron chi connectivity index (χ3n) is 3.68. The molecule has 26 heavy (non-hydrogen) atoms. The summed E-state index contributed by atoms with van der Waals surface area (Å²) in [5.41, 5.74) is 0.0892. The molecule has 0 bridgehead atoms. The Hall–Kier alpha value is -2.52. The fourth-order valence-electron chi connectivity index (χ4n) is 2.36. The molecule has 0 saturated carbocycles. The van der Waals surface area contributed by atoms with Gasteiger partial charge in [0, 0.05) is 12.1 Å². The second-order valence-corrected chi connectivity index (χ2v) is 7.65. The summed E-state index contributed by atoms with van der Waals surface area (Å²) in [5.74, 6) is -0.622. The molecule has 7 nitrogen and oxygen atoms in total. The van der Waals surface area contributed by atoms with E-state index in [0.29, 0.717) is 0 Å². The number of aryl methyl sites for hydroxylation is 1. The number of anilines is 1. The molecular weight excluding hydrogens is 387 g/mol. The zero-order valence-corrected chi connectivity index (χ0v) is 15.3. The minimum atomic E-state index is -4.28. The van der Waals surface area contributed by atoms with E-state index in [4.69, 9.17) is 11.6 Å². The van der Waals surface area contributed by atoms with Crippen LogP contribution in [0.25, 0.3) is 0 Å². The molecule has 0 aliphatic rings. The number of rotatable bonds is 6. The highest BCUT2D eigenvalue weighted by Gasteiger charge is 2.34. The lowest BCUT2D eigenvalue weighted by molar-refractivity contribution is -0.384. The van der Waals surface area contributed by atoms with Gasteiger partial charge in [0.1, 0.15) is 11.9 Å². The number of non-ortho nitro benzene ring substituents is 1. The van der Waals surface area contributed by atoms with Crippen LogP contribution in [0.15, 0.2) is 47.4 Å². The highest BCUT2D eigenvalue weighted by atomic mass is 35.5. The topological polar surface area (TPSA) is 97.6 Å². The van der Waals surface area contributed by atoms with Gasteiger partial charge in [-0.3, -0.25) is 19.2 Å². The molecular formula is C16H14ClFN2O5S. The lowest BCUT2D eigenvalue weighted by Crippen LogP contribution is -2.42. The van der Waals surface area contributed by atoms with Crippen molar-refractivity contribution in [1.82, 2.24) is 0 Å². The van der Waals surface area contributed by atoms with Crippen LogP contribution in [0.1, 0.15) is 12.5 Å². The van der Waals surface area contributed by atoms with Crippen molar-refractivity contribution >= 4 is 38.2 Å². The van der Waals surface area contributed by atoms with Crippen LogP contribution in [-0.4, -0.2) is 24.6 Å². The van der Waals surface area contributed by atoms with Crippen LogP contribution < -0.4 is 4.31 Å². The zero-order valence-electron chi connectivity index (χ0n) is 13.7. The van der Waals surface area contributed by atoms with Crippen LogP contribution in [-0.2, 0) is 14.8 Å². The minimum Gasteiger partial charge on any atom is -0.279 e. The highest BCUT2D eigenvalue weighted by molar-refractivity contribution is 7.93. The highest BCUT2D eigenvalue weighted by Crippen LogP contribution is 2.32. The number of benzene rings is 2. The molecule has 0 saturated heterocycles. The first-order valence-corrected chi connectivity index (χ1v) is 9.12. The molecule has 0 amide bonds. The molecule has 0 heterocycles. The number of nitrogens with zero attached hydrogens (tertiary/aromatic N) is 2. The molecule has 10 heteroatoms. The Morgan fingerprint density at radius 3 is 2.27 bits per heavy atom. The number of hydrogen-bond acceptors (Lipinski definition) is 5. The molecule has 0 aliphatic heterocycles. The van der Waals surface area contributed by atoms with Crippen LogP contribution in [0.3, 0.4) is 0 Å². The maximum Gasteiger partial charge on any atom is 0.269 e. The fourth-order valence-corrected chi connectivity index (χ4v) is 4.20. The van der Waals surface area contributed by atoms with Crippen molar-refractivity contribution in [3.63, 3.8) is 0 Å². The Labute approximate surface area is 154 Å². The summed E-state index contributed by atoms with van der Waals surface area (Å²) in [4.78, 5) is 21.7. The van der Waals surface area contributed by atoms with Gasteiger partial charge in [-0.25, -0.2) is 12.8 Å². The van der Waals surface area contributed by atoms with Gasteiger partial charge < -0.3 is 0 Å². The maximum atomic E-state index is 13.1. The average Bonchev–Trinajstić information content (AvgIpc) is 2.56. The van der Waals surface area contributed by atoms with E-state index in [2.05, 4.69) is 0 Å². The van der Waals surface area contributed by atoms with E-state index in [1.165, 1.54) is 26.0 Å². The molecule has 2 aromatic carbocycles. The summed E-state index contributed by atoms with van der Waals surface area (Å²) in [6.07, 6.45) is 0. The van der Waals surface area contributed by atoms with Crippen LogP contribution in [0.4, 0.5) is 15.8 Å². The quantitative estimate of drug-likeness (QED) is 0.420. The second kappa shape index (κ2) is 7.38. The summed E-state index contributed by atoms with van der Waals surface area (Å²) in [6, 6.07) is 6.32. The third kappa shape index (κ3) is 3.83. The van der Waals surface area contributed by atoms with Gasteiger partial charge in [-0.05, 0) is 61.3 Å². The fraction of sp³-hybridized carbons (Fsp3) is 0.188. The van der Waals surface area contributed by atoms with Crippen molar-refractivity contribution in [3.8, 4) is 0 Å². The lowest BCUT2D eigenvalue weighted by Gasteiger charge is -2.29. The number of carbonyl (C=O) groups is 1. The van der Waals surface area contributed by atoms with Crippen LogP contribution in [0.2, 0.25) is 0 Å². The Bertz CT molecular complexity index is 963. The van der Waals surface area contributed by atoms with Gasteiger partial charge in [0.2, 0.25) is 5.24 Å². The molecule has 138 valence electrons. The molecule has 0 fully saturated rings. The van der Waals surface area contributed by atoms with Crippen molar-refractivity contribution in [2.45, 2.75) is 24.8 Å². The second-order valence-electron chi connectivity index (χ2n) is 5.46. The molecule has 0 radical (unpaired) electrons. The predicted octanol–water partition coefficient (Wildman–Crippen LogP) is 3.39. The summed E-state index contributed by atoms with van der Waals surface area (Å²) >= 11 is 5.51. The minimum absolute atomic E-state index is 0.0569. The molecule has 1 atom stereocenters. The summed E-state index contributed by atoms with van der Waals surface area (Å²) in [7, 11) is -4.28. The largest absolute Gasteiger partial charge is 0.279 e. The van der Waals surface area contributed by atoms with Gasteiger partial charge in [-0.1, -0.05) is 0 Å².